The third-order valence-corrected chi connectivity index (χ3v) is 6.10. The summed E-state index contributed by atoms with van der Waals surface area (Å²) in [6.45, 7) is 2.68. The van der Waals surface area contributed by atoms with E-state index in [9.17, 15) is 4.39 Å². The molecule has 170 valence electrons. The number of nitrogens with one attached hydrogen (secondary N) is 2. The molecule has 2 heterocycles. The van der Waals surface area contributed by atoms with Crippen molar-refractivity contribution in [3.63, 3.8) is 0 Å². The molecule has 0 radical (unpaired) electrons. The minimum absolute atomic E-state index is 0.200. The van der Waals surface area contributed by atoms with E-state index < -0.39 is 0 Å². The highest BCUT2D eigenvalue weighted by molar-refractivity contribution is 7.80. The highest BCUT2D eigenvalue weighted by Crippen LogP contribution is 2.24. The van der Waals surface area contributed by atoms with Gasteiger partial charge in [0.15, 0.2) is 16.7 Å². The summed E-state index contributed by atoms with van der Waals surface area (Å²) >= 11 is 23.6. The molecule has 0 bridgehead atoms. The SMILES string of the molecule is Cc1cc(NC(=S)Nc2ccn(Cc3c(F)cccc3Cl)n2)nn1Cc1ccc(Cl)c(Cl)c1. The van der Waals surface area contributed by atoms with E-state index in [1.165, 1.54) is 6.07 Å². The van der Waals surface area contributed by atoms with Crippen molar-refractivity contribution in [2.45, 2.75) is 20.0 Å². The average Bonchev–Trinajstić information content (AvgIpc) is 3.33. The maximum absolute atomic E-state index is 14.0. The molecule has 6 nitrogen and oxygen atoms in total. The molecule has 2 aromatic carbocycles. The topological polar surface area (TPSA) is 59.7 Å². The molecule has 2 aromatic heterocycles. The third kappa shape index (κ3) is 5.83. The number of aromatic nitrogens is 4. The summed E-state index contributed by atoms with van der Waals surface area (Å²) in [6, 6.07) is 13.7. The molecule has 2 N–H and O–H groups in total. The Kier molecular flexibility index (Phi) is 7.19. The second-order valence-electron chi connectivity index (χ2n) is 7.25. The van der Waals surface area contributed by atoms with Gasteiger partial charge < -0.3 is 10.6 Å². The molecule has 33 heavy (non-hydrogen) atoms. The molecule has 4 rings (SSSR count). The molecule has 0 aliphatic rings. The lowest BCUT2D eigenvalue weighted by Gasteiger charge is -2.08. The van der Waals surface area contributed by atoms with E-state index >= 15 is 0 Å². The van der Waals surface area contributed by atoms with Gasteiger partial charge in [-0.1, -0.05) is 46.9 Å². The van der Waals surface area contributed by atoms with Crippen LogP contribution in [0.25, 0.3) is 0 Å². The van der Waals surface area contributed by atoms with Crippen LogP contribution in [0.15, 0.2) is 54.7 Å². The summed E-state index contributed by atoms with van der Waals surface area (Å²) < 4.78 is 17.4. The first-order chi connectivity index (χ1) is 15.8. The van der Waals surface area contributed by atoms with Crippen molar-refractivity contribution in [1.29, 1.82) is 0 Å². The lowest BCUT2D eigenvalue weighted by molar-refractivity contribution is 0.586. The summed E-state index contributed by atoms with van der Waals surface area (Å²) in [5.74, 6) is 0.714. The highest BCUT2D eigenvalue weighted by atomic mass is 35.5. The van der Waals surface area contributed by atoms with E-state index in [-0.39, 0.29) is 12.4 Å². The number of benzene rings is 2. The van der Waals surface area contributed by atoms with Crippen molar-refractivity contribution < 1.29 is 4.39 Å². The van der Waals surface area contributed by atoms with Gasteiger partial charge in [-0.3, -0.25) is 9.36 Å². The molecule has 0 aliphatic carbocycles. The van der Waals surface area contributed by atoms with Crippen molar-refractivity contribution in [3.05, 3.63) is 92.4 Å². The standard InChI is InChI=1S/C22H18Cl3FN6S/c1-13-9-21(30-32(13)11-14-5-6-17(24)18(25)10-14)28-22(33)27-20-7-8-31(29-20)12-15-16(23)3-2-4-19(15)26/h2-10H,11-12H2,1H3,(H2,27,28,29,30,33). The number of rotatable bonds is 6. The second kappa shape index (κ2) is 10.1. The third-order valence-electron chi connectivity index (χ3n) is 4.80. The Bertz CT molecular complexity index is 1300. The van der Waals surface area contributed by atoms with Gasteiger partial charge in [0.2, 0.25) is 0 Å². The fourth-order valence-electron chi connectivity index (χ4n) is 3.17. The number of nitrogens with zero attached hydrogens (tertiary/aromatic N) is 4. The van der Waals surface area contributed by atoms with Crippen LogP contribution >= 0.6 is 47.0 Å². The van der Waals surface area contributed by atoms with E-state index in [1.807, 2.05) is 29.8 Å². The molecule has 0 amide bonds. The van der Waals surface area contributed by atoms with Gasteiger partial charge in [0.05, 0.1) is 23.1 Å². The lowest BCUT2D eigenvalue weighted by Crippen LogP contribution is -2.20. The minimum Gasteiger partial charge on any atom is -0.316 e. The number of halogens is 4. The molecule has 11 heteroatoms. The average molecular weight is 524 g/mol. The van der Waals surface area contributed by atoms with Crippen LogP contribution in [-0.2, 0) is 13.1 Å². The Balaban J connectivity index is 1.37. The Morgan fingerprint density at radius 1 is 0.939 bits per heavy atom. The molecule has 0 fully saturated rings. The molecule has 4 aromatic rings. The second-order valence-corrected chi connectivity index (χ2v) is 8.88. The summed E-state index contributed by atoms with van der Waals surface area (Å²) in [6.07, 6.45) is 1.71. The van der Waals surface area contributed by atoms with Gasteiger partial charge in [0.25, 0.3) is 0 Å². The van der Waals surface area contributed by atoms with E-state index in [4.69, 9.17) is 47.0 Å². The molecule has 0 saturated carbocycles. The first kappa shape index (κ1) is 23.5. The van der Waals surface area contributed by atoms with E-state index in [2.05, 4.69) is 20.8 Å². The molecular weight excluding hydrogens is 506 g/mol. The van der Waals surface area contributed by atoms with Crippen LogP contribution in [0.3, 0.4) is 0 Å². The fourth-order valence-corrected chi connectivity index (χ4v) is 3.92. The fraction of sp³-hybridized carbons (Fsp3) is 0.136. The predicted octanol–water partition coefficient (Wildman–Crippen LogP) is 6.39. The molecular formula is C22H18Cl3FN6S. The van der Waals surface area contributed by atoms with Crippen LogP contribution < -0.4 is 10.6 Å². The molecule has 0 unspecified atom stereocenters. The van der Waals surface area contributed by atoms with E-state index in [1.54, 1.807) is 35.1 Å². The van der Waals surface area contributed by atoms with Crippen molar-refractivity contribution in [1.82, 2.24) is 19.6 Å². The van der Waals surface area contributed by atoms with Crippen molar-refractivity contribution in [2.75, 3.05) is 10.6 Å². The number of hydrogen-bond acceptors (Lipinski definition) is 3. The smallest absolute Gasteiger partial charge is 0.177 e. The van der Waals surface area contributed by atoms with Crippen molar-refractivity contribution in [3.8, 4) is 0 Å². The van der Waals surface area contributed by atoms with Gasteiger partial charge in [0.1, 0.15) is 5.82 Å². The number of anilines is 2. The maximum atomic E-state index is 14.0. The van der Waals surface area contributed by atoms with Crippen LogP contribution in [0.2, 0.25) is 15.1 Å². The van der Waals surface area contributed by atoms with E-state index in [0.29, 0.717) is 43.9 Å². The monoisotopic (exact) mass is 522 g/mol. The zero-order chi connectivity index (χ0) is 23.5. The predicted molar refractivity (Wildman–Crippen MR) is 135 cm³/mol. The first-order valence-corrected chi connectivity index (χ1v) is 11.4. The van der Waals surface area contributed by atoms with Crippen molar-refractivity contribution >= 4 is 63.8 Å². The van der Waals surface area contributed by atoms with Gasteiger partial charge in [-0.05, 0) is 49.0 Å². The van der Waals surface area contributed by atoms with Gasteiger partial charge in [0, 0.05) is 34.6 Å². The molecule has 0 aliphatic heterocycles. The van der Waals surface area contributed by atoms with Gasteiger partial charge >= 0.3 is 0 Å². The Morgan fingerprint density at radius 2 is 1.73 bits per heavy atom. The summed E-state index contributed by atoms with van der Waals surface area (Å²) in [7, 11) is 0. The number of thiocarbonyl (C=S) groups is 1. The zero-order valence-electron chi connectivity index (χ0n) is 17.3. The molecule has 0 saturated heterocycles. The summed E-state index contributed by atoms with van der Waals surface area (Å²) in [5.41, 5.74) is 2.29. The Hall–Kier alpha value is -2.65. The lowest BCUT2D eigenvalue weighted by atomic mass is 10.2. The number of hydrogen-bond donors (Lipinski definition) is 2. The van der Waals surface area contributed by atoms with E-state index in [0.717, 1.165) is 11.3 Å². The van der Waals surface area contributed by atoms with Crippen LogP contribution in [0, 0.1) is 12.7 Å². The largest absolute Gasteiger partial charge is 0.316 e. The van der Waals surface area contributed by atoms with Gasteiger partial charge in [-0.2, -0.15) is 10.2 Å². The Labute approximate surface area is 210 Å². The highest BCUT2D eigenvalue weighted by Gasteiger charge is 2.11. The summed E-state index contributed by atoms with van der Waals surface area (Å²) in [4.78, 5) is 0. The normalized spacial score (nSPS) is 10.9. The van der Waals surface area contributed by atoms with Crippen LogP contribution in [0.4, 0.5) is 16.0 Å². The first-order valence-electron chi connectivity index (χ1n) is 9.81. The summed E-state index contributed by atoms with van der Waals surface area (Å²) in [5, 5.41) is 16.6. The van der Waals surface area contributed by atoms with Gasteiger partial charge in [-0.25, -0.2) is 4.39 Å². The number of aryl methyl sites for hydroxylation is 1. The van der Waals surface area contributed by atoms with Crippen LogP contribution in [-0.4, -0.2) is 24.7 Å². The van der Waals surface area contributed by atoms with Crippen LogP contribution in [0.5, 0.6) is 0 Å². The van der Waals surface area contributed by atoms with Gasteiger partial charge in [-0.15, -0.1) is 0 Å². The maximum Gasteiger partial charge on any atom is 0.177 e. The Morgan fingerprint density at radius 3 is 2.48 bits per heavy atom. The van der Waals surface area contributed by atoms with Crippen LogP contribution in [0.1, 0.15) is 16.8 Å². The molecule has 0 atom stereocenters. The minimum atomic E-state index is -0.378. The quantitative estimate of drug-likeness (QED) is 0.287. The molecule has 0 spiro atoms. The van der Waals surface area contributed by atoms with Crippen molar-refractivity contribution in [2.24, 2.45) is 0 Å². The zero-order valence-corrected chi connectivity index (χ0v) is 20.4.